The fourth-order valence-electron chi connectivity index (χ4n) is 6.24. The van der Waals surface area contributed by atoms with Gasteiger partial charge in [-0.25, -0.2) is 4.39 Å². The molecule has 10 nitrogen and oxygen atoms in total. The average molecular weight is 624 g/mol. The molecule has 0 fully saturated rings. The lowest BCUT2D eigenvalue weighted by Crippen LogP contribution is -2.38. The number of carbonyl (C=O) groups excluding carboxylic acids is 1. The number of rotatable bonds is 12. The molecule has 11 heteroatoms. The SMILES string of the molecule is CC(C)C[C@@H](O)COc1cc2c(cc1C1(c3cc4c(cc3OC[C@H](O)CC(C)C)OCO4)C(=O)Nc3c(F)cccc31)OCO2. The van der Waals surface area contributed by atoms with E-state index in [1.165, 1.54) is 12.1 Å². The smallest absolute Gasteiger partial charge is 0.244 e. The molecule has 0 radical (unpaired) electrons. The zero-order valence-corrected chi connectivity index (χ0v) is 25.7. The summed E-state index contributed by atoms with van der Waals surface area (Å²) in [6, 6.07) is 11.0. The van der Waals surface area contributed by atoms with E-state index in [0.29, 0.717) is 52.5 Å². The Balaban J connectivity index is 1.58. The molecular formula is C34H38FNO9. The number of anilines is 1. The molecule has 1 amide bonds. The van der Waals surface area contributed by atoms with Gasteiger partial charge in [0, 0.05) is 28.8 Å². The van der Waals surface area contributed by atoms with Crippen molar-refractivity contribution in [1.29, 1.82) is 0 Å². The largest absolute Gasteiger partial charge is 0.490 e. The Morgan fingerprint density at radius 2 is 1.24 bits per heavy atom. The van der Waals surface area contributed by atoms with Crippen LogP contribution in [0.4, 0.5) is 10.1 Å². The van der Waals surface area contributed by atoms with Gasteiger partial charge < -0.3 is 44.0 Å². The summed E-state index contributed by atoms with van der Waals surface area (Å²) in [5, 5.41) is 24.2. The van der Waals surface area contributed by atoms with Crippen molar-refractivity contribution in [1.82, 2.24) is 0 Å². The molecule has 3 aliphatic heterocycles. The van der Waals surface area contributed by atoms with Crippen LogP contribution in [0.25, 0.3) is 0 Å². The van der Waals surface area contributed by atoms with E-state index in [1.54, 1.807) is 30.3 Å². The van der Waals surface area contributed by atoms with Gasteiger partial charge in [0.15, 0.2) is 23.0 Å². The Hall–Kier alpha value is -4.22. The van der Waals surface area contributed by atoms with Crippen molar-refractivity contribution in [2.75, 3.05) is 32.1 Å². The van der Waals surface area contributed by atoms with Crippen LogP contribution in [-0.4, -0.2) is 55.1 Å². The van der Waals surface area contributed by atoms with Crippen LogP contribution >= 0.6 is 0 Å². The fourth-order valence-corrected chi connectivity index (χ4v) is 6.24. The van der Waals surface area contributed by atoms with E-state index in [-0.39, 0.29) is 55.8 Å². The van der Waals surface area contributed by atoms with Gasteiger partial charge in [-0.15, -0.1) is 0 Å². The predicted octanol–water partition coefficient (Wildman–Crippen LogP) is 5.14. The Bertz CT molecular complexity index is 1510. The summed E-state index contributed by atoms with van der Waals surface area (Å²) in [6.45, 7) is 7.79. The highest BCUT2D eigenvalue weighted by Gasteiger charge is 2.55. The maximum Gasteiger partial charge on any atom is 0.244 e. The molecule has 3 aromatic carbocycles. The van der Waals surface area contributed by atoms with Crippen LogP contribution in [-0.2, 0) is 10.2 Å². The molecule has 0 saturated carbocycles. The van der Waals surface area contributed by atoms with Crippen molar-refractivity contribution in [3.05, 3.63) is 65.0 Å². The van der Waals surface area contributed by atoms with Crippen LogP contribution in [0, 0.1) is 17.7 Å². The van der Waals surface area contributed by atoms with Gasteiger partial charge in [-0.3, -0.25) is 4.79 Å². The first-order chi connectivity index (χ1) is 21.6. The Labute approximate surface area is 261 Å². The van der Waals surface area contributed by atoms with Gasteiger partial charge in [0.25, 0.3) is 0 Å². The van der Waals surface area contributed by atoms with Gasteiger partial charge in [-0.2, -0.15) is 0 Å². The number of amides is 1. The first kappa shape index (κ1) is 30.8. The molecule has 3 heterocycles. The molecular weight excluding hydrogens is 585 g/mol. The zero-order chi connectivity index (χ0) is 31.9. The number of para-hydroxylation sites is 1. The monoisotopic (exact) mass is 623 g/mol. The van der Waals surface area contributed by atoms with E-state index in [0.717, 1.165) is 0 Å². The topological polar surface area (TPSA) is 125 Å². The quantitative estimate of drug-likeness (QED) is 0.252. The second kappa shape index (κ2) is 12.3. The van der Waals surface area contributed by atoms with Crippen LogP contribution in [0.3, 0.4) is 0 Å². The first-order valence-electron chi connectivity index (χ1n) is 15.2. The fraction of sp³-hybridized carbons (Fsp3) is 0.441. The number of benzene rings is 3. The first-order valence-corrected chi connectivity index (χ1v) is 15.2. The highest BCUT2D eigenvalue weighted by molar-refractivity contribution is 6.12. The Kier molecular flexibility index (Phi) is 8.41. The molecule has 3 aliphatic rings. The molecule has 45 heavy (non-hydrogen) atoms. The second-order valence-corrected chi connectivity index (χ2v) is 12.5. The molecule has 3 aromatic rings. The molecule has 0 aromatic heterocycles. The summed E-state index contributed by atoms with van der Waals surface area (Å²) in [7, 11) is 0. The van der Waals surface area contributed by atoms with Crippen molar-refractivity contribution in [2.45, 2.75) is 58.2 Å². The lowest BCUT2D eigenvalue weighted by atomic mass is 9.69. The summed E-state index contributed by atoms with van der Waals surface area (Å²) in [4.78, 5) is 14.5. The van der Waals surface area contributed by atoms with Gasteiger partial charge >= 0.3 is 0 Å². The number of hydrogen-bond acceptors (Lipinski definition) is 9. The number of halogens is 1. The van der Waals surface area contributed by atoms with Crippen molar-refractivity contribution in [3.63, 3.8) is 0 Å². The third-order valence-corrected chi connectivity index (χ3v) is 8.10. The van der Waals surface area contributed by atoms with Crippen LogP contribution in [0.5, 0.6) is 34.5 Å². The minimum atomic E-state index is -1.75. The number of carbonyl (C=O) groups is 1. The minimum Gasteiger partial charge on any atom is -0.490 e. The maximum atomic E-state index is 15.4. The third-order valence-electron chi connectivity index (χ3n) is 8.10. The standard InChI is InChI=1S/C34H38FNO9/c1-18(2)8-20(37)14-40-26-12-30-28(42-16-44-30)10-23(26)34(22-6-5-7-25(35)32(22)36-33(34)39)24-11-29-31(45-17-43-29)13-27(24)41-15-21(38)9-19(3)4/h5-7,10-13,18-21,37-38H,8-9,14-17H2,1-4H3,(H,36,39)/t20-,21-/m1/s1. The van der Waals surface area contributed by atoms with Gasteiger partial charge in [0.1, 0.15) is 35.9 Å². The van der Waals surface area contributed by atoms with Crippen LogP contribution in [0.2, 0.25) is 0 Å². The molecule has 0 aliphatic carbocycles. The Morgan fingerprint density at radius 3 is 1.71 bits per heavy atom. The van der Waals surface area contributed by atoms with Crippen molar-refractivity contribution >= 4 is 11.6 Å². The Morgan fingerprint density at radius 1 is 0.778 bits per heavy atom. The van der Waals surface area contributed by atoms with Crippen molar-refractivity contribution in [3.8, 4) is 34.5 Å². The predicted molar refractivity (Wildman–Crippen MR) is 162 cm³/mol. The average Bonchev–Trinajstić information content (AvgIpc) is 3.71. The number of aliphatic hydroxyl groups is 2. The van der Waals surface area contributed by atoms with Crippen LogP contribution < -0.4 is 33.7 Å². The van der Waals surface area contributed by atoms with E-state index in [9.17, 15) is 15.0 Å². The van der Waals surface area contributed by atoms with Crippen LogP contribution in [0.1, 0.15) is 57.2 Å². The van der Waals surface area contributed by atoms with Gasteiger partial charge in [-0.05, 0) is 42.9 Å². The molecule has 0 bridgehead atoms. The number of fused-ring (bicyclic) bond motifs is 3. The molecule has 2 atom stereocenters. The normalized spacial score (nSPS) is 17.0. The van der Waals surface area contributed by atoms with E-state index < -0.39 is 29.3 Å². The number of hydrogen-bond donors (Lipinski definition) is 3. The molecule has 0 spiro atoms. The molecule has 3 N–H and O–H groups in total. The van der Waals surface area contributed by atoms with Crippen molar-refractivity contribution in [2.24, 2.45) is 11.8 Å². The van der Waals surface area contributed by atoms with E-state index >= 15 is 4.39 Å². The summed E-state index contributed by atoms with van der Waals surface area (Å²) in [5.41, 5.74) is -0.802. The van der Waals surface area contributed by atoms with Crippen molar-refractivity contribution < 1.29 is 47.8 Å². The lowest BCUT2D eigenvalue weighted by Gasteiger charge is -2.32. The lowest BCUT2D eigenvalue weighted by molar-refractivity contribution is -0.118. The molecule has 240 valence electrons. The van der Waals surface area contributed by atoms with Gasteiger partial charge in [-0.1, -0.05) is 39.8 Å². The summed E-state index contributed by atoms with van der Waals surface area (Å²) >= 11 is 0. The van der Waals surface area contributed by atoms with E-state index in [4.69, 9.17) is 28.4 Å². The number of ether oxygens (including phenoxy) is 6. The van der Waals surface area contributed by atoms with Gasteiger partial charge in [0.05, 0.1) is 17.9 Å². The summed E-state index contributed by atoms with van der Waals surface area (Å²) in [5.74, 6) is 1.27. The summed E-state index contributed by atoms with van der Waals surface area (Å²) in [6.07, 6.45) is -0.571. The second-order valence-electron chi connectivity index (χ2n) is 12.5. The molecule has 0 unspecified atom stereocenters. The maximum absolute atomic E-state index is 15.4. The summed E-state index contributed by atoms with van der Waals surface area (Å²) < 4.78 is 50.7. The van der Waals surface area contributed by atoms with Crippen LogP contribution in [0.15, 0.2) is 42.5 Å². The van der Waals surface area contributed by atoms with Gasteiger partial charge in [0.2, 0.25) is 19.5 Å². The molecule has 6 rings (SSSR count). The van der Waals surface area contributed by atoms with E-state index in [2.05, 4.69) is 5.32 Å². The third kappa shape index (κ3) is 5.70. The highest BCUT2D eigenvalue weighted by Crippen LogP contribution is 2.57. The van der Waals surface area contributed by atoms with E-state index in [1.807, 2.05) is 27.7 Å². The minimum absolute atomic E-state index is 0.00872. The zero-order valence-electron chi connectivity index (χ0n) is 25.7. The number of nitrogens with one attached hydrogen (secondary N) is 1. The number of aliphatic hydroxyl groups excluding tert-OH is 2. The highest BCUT2D eigenvalue weighted by atomic mass is 19.1. The molecule has 0 saturated heterocycles.